The highest BCUT2D eigenvalue weighted by Gasteiger charge is 2.10. The van der Waals surface area contributed by atoms with Crippen molar-refractivity contribution in [2.24, 2.45) is 0 Å². The van der Waals surface area contributed by atoms with Gasteiger partial charge in [-0.25, -0.2) is 0 Å². The van der Waals surface area contributed by atoms with Crippen molar-refractivity contribution >= 4 is 11.9 Å². The largest absolute Gasteiger partial charge is 0.493 e. The number of benzene rings is 2. The first-order chi connectivity index (χ1) is 15.1. The van der Waals surface area contributed by atoms with Crippen molar-refractivity contribution in [2.75, 3.05) is 19.8 Å². The van der Waals surface area contributed by atoms with Crippen molar-refractivity contribution < 1.29 is 19.0 Å². The summed E-state index contributed by atoms with van der Waals surface area (Å²) in [6.45, 7) is 11.7. The second kappa shape index (κ2) is 13.3. The minimum absolute atomic E-state index is 0.0734. The molecule has 0 aliphatic rings. The monoisotopic (exact) mass is 422 g/mol. The van der Waals surface area contributed by atoms with Crippen LogP contribution in [0, 0.1) is 6.92 Å². The number of allylic oxidation sites excluding steroid dienone is 1. The standard InChI is InChI=1S/C27H34O4/c1-5-8-17-30-26-20-27(31-18-9-6-2)23(19-21(26)4)12-15-25(28)22-10-13-24(14-11-22)29-16-7-3/h7,10-15,19-20H,3,5-6,8-9,16-18H2,1-2,4H3/b15-12+. The highest BCUT2D eigenvalue weighted by atomic mass is 16.5. The number of hydrogen-bond donors (Lipinski definition) is 0. The van der Waals surface area contributed by atoms with Crippen molar-refractivity contribution in [3.8, 4) is 17.2 Å². The van der Waals surface area contributed by atoms with Crippen molar-refractivity contribution in [2.45, 2.75) is 46.5 Å². The number of carbonyl (C=O) groups is 1. The number of ether oxygens (including phenoxy) is 3. The molecule has 0 aromatic heterocycles. The molecule has 0 atom stereocenters. The summed E-state index contributed by atoms with van der Waals surface area (Å²) in [4.78, 5) is 12.6. The number of aryl methyl sites for hydroxylation is 1. The molecule has 0 amide bonds. The lowest BCUT2D eigenvalue weighted by Gasteiger charge is -2.14. The predicted octanol–water partition coefficient (Wildman–Crippen LogP) is 6.81. The maximum Gasteiger partial charge on any atom is 0.185 e. The molecule has 0 saturated carbocycles. The Morgan fingerprint density at radius 3 is 2.19 bits per heavy atom. The van der Waals surface area contributed by atoms with E-state index in [0.29, 0.717) is 31.1 Å². The van der Waals surface area contributed by atoms with Crippen LogP contribution < -0.4 is 14.2 Å². The minimum Gasteiger partial charge on any atom is -0.493 e. The first-order valence-corrected chi connectivity index (χ1v) is 11.0. The van der Waals surface area contributed by atoms with Gasteiger partial charge in [0.2, 0.25) is 0 Å². The van der Waals surface area contributed by atoms with Gasteiger partial charge in [-0.2, -0.15) is 0 Å². The van der Waals surface area contributed by atoms with Gasteiger partial charge in [-0.1, -0.05) is 39.3 Å². The molecule has 0 saturated heterocycles. The molecule has 0 aliphatic carbocycles. The zero-order valence-electron chi connectivity index (χ0n) is 19.0. The zero-order valence-corrected chi connectivity index (χ0v) is 19.0. The topological polar surface area (TPSA) is 44.8 Å². The summed E-state index contributed by atoms with van der Waals surface area (Å²) in [6.07, 6.45) is 9.21. The summed E-state index contributed by atoms with van der Waals surface area (Å²) >= 11 is 0. The molecule has 0 aliphatic heterocycles. The van der Waals surface area contributed by atoms with Gasteiger partial charge in [-0.05, 0) is 67.8 Å². The van der Waals surface area contributed by atoms with Crippen molar-refractivity contribution in [1.82, 2.24) is 0 Å². The summed E-state index contributed by atoms with van der Waals surface area (Å²) < 4.78 is 17.4. The van der Waals surface area contributed by atoms with Gasteiger partial charge in [0.15, 0.2) is 5.78 Å². The molecule has 0 unspecified atom stereocenters. The van der Waals surface area contributed by atoms with Crippen LogP contribution >= 0.6 is 0 Å². The van der Waals surface area contributed by atoms with Crippen LogP contribution in [0.1, 0.15) is 61.0 Å². The summed E-state index contributed by atoms with van der Waals surface area (Å²) in [5.41, 5.74) is 2.50. The van der Waals surface area contributed by atoms with Gasteiger partial charge in [-0.3, -0.25) is 4.79 Å². The minimum atomic E-state index is -0.0734. The van der Waals surface area contributed by atoms with Crippen molar-refractivity contribution in [3.05, 3.63) is 71.8 Å². The van der Waals surface area contributed by atoms with Crippen LogP contribution in [0.2, 0.25) is 0 Å². The first-order valence-electron chi connectivity index (χ1n) is 11.0. The van der Waals surface area contributed by atoms with Gasteiger partial charge in [0.1, 0.15) is 23.9 Å². The lowest BCUT2D eigenvalue weighted by atomic mass is 10.1. The lowest BCUT2D eigenvalue weighted by Crippen LogP contribution is -2.02. The molecule has 2 aromatic carbocycles. The fraction of sp³-hybridized carbons (Fsp3) is 0.370. The molecule has 166 valence electrons. The maximum absolute atomic E-state index is 12.6. The summed E-state index contributed by atoms with van der Waals surface area (Å²) in [5, 5.41) is 0. The van der Waals surface area contributed by atoms with E-state index in [9.17, 15) is 4.79 Å². The molecule has 31 heavy (non-hydrogen) atoms. The van der Waals surface area contributed by atoms with E-state index in [1.807, 2.05) is 25.1 Å². The van der Waals surface area contributed by atoms with Crippen LogP contribution in [0.4, 0.5) is 0 Å². The molecule has 0 spiro atoms. The predicted molar refractivity (Wildman–Crippen MR) is 127 cm³/mol. The second-order valence-electron chi connectivity index (χ2n) is 7.38. The van der Waals surface area contributed by atoms with E-state index < -0.39 is 0 Å². The number of unbranched alkanes of at least 4 members (excludes halogenated alkanes) is 2. The van der Waals surface area contributed by atoms with E-state index in [1.165, 1.54) is 0 Å². The zero-order chi connectivity index (χ0) is 22.5. The van der Waals surface area contributed by atoms with E-state index in [4.69, 9.17) is 14.2 Å². The molecule has 0 fully saturated rings. The fourth-order valence-corrected chi connectivity index (χ4v) is 2.89. The van der Waals surface area contributed by atoms with Crippen molar-refractivity contribution in [3.63, 3.8) is 0 Å². The van der Waals surface area contributed by atoms with Crippen molar-refractivity contribution in [1.29, 1.82) is 0 Å². The Kier molecular flexibility index (Phi) is 10.4. The highest BCUT2D eigenvalue weighted by molar-refractivity contribution is 6.07. The Bertz CT molecular complexity index is 866. The lowest BCUT2D eigenvalue weighted by molar-refractivity contribution is 0.104. The fourth-order valence-electron chi connectivity index (χ4n) is 2.89. The Balaban J connectivity index is 2.17. The smallest absolute Gasteiger partial charge is 0.185 e. The summed E-state index contributed by atoms with van der Waals surface area (Å²) in [5.74, 6) is 2.21. The third kappa shape index (κ3) is 7.97. The Hall–Kier alpha value is -3.01. The van der Waals surface area contributed by atoms with E-state index in [2.05, 4.69) is 20.4 Å². The Labute approximate surface area is 186 Å². The molecule has 4 heteroatoms. The maximum atomic E-state index is 12.6. The molecule has 0 heterocycles. The Morgan fingerprint density at radius 1 is 0.935 bits per heavy atom. The second-order valence-corrected chi connectivity index (χ2v) is 7.38. The molecule has 2 aromatic rings. The summed E-state index contributed by atoms with van der Waals surface area (Å²) in [6, 6.07) is 11.1. The Morgan fingerprint density at radius 2 is 1.58 bits per heavy atom. The molecule has 2 rings (SSSR count). The molecule has 4 nitrogen and oxygen atoms in total. The molecular weight excluding hydrogens is 388 g/mol. The first kappa shape index (κ1) is 24.3. The van der Waals surface area contributed by atoms with Gasteiger partial charge in [-0.15, -0.1) is 0 Å². The third-order valence-electron chi connectivity index (χ3n) is 4.74. The average molecular weight is 423 g/mol. The van der Waals surface area contributed by atoms with Crippen LogP contribution in [-0.2, 0) is 0 Å². The van der Waals surface area contributed by atoms with Crippen LogP contribution in [0.15, 0.2) is 55.1 Å². The van der Waals surface area contributed by atoms with E-state index in [0.717, 1.165) is 48.3 Å². The molecule has 0 radical (unpaired) electrons. The van der Waals surface area contributed by atoms with Gasteiger partial charge >= 0.3 is 0 Å². The summed E-state index contributed by atoms with van der Waals surface area (Å²) in [7, 11) is 0. The number of hydrogen-bond acceptors (Lipinski definition) is 4. The number of carbonyl (C=O) groups excluding carboxylic acids is 1. The van der Waals surface area contributed by atoms with Crippen LogP contribution in [0.5, 0.6) is 17.2 Å². The van der Waals surface area contributed by atoms with Crippen LogP contribution in [0.3, 0.4) is 0 Å². The SMILES string of the molecule is C=CCOc1ccc(C(=O)/C=C/c2cc(C)c(OCCCC)cc2OCCCC)cc1. The molecular formula is C27H34O4. The molecule has 0 bridgehead atoms. The van der Waals surface area contributed by atoms with Gasteiger partial charge in [0.05, 0.1) is 13.2 Å². The van der Waals surface area contributed by atoms with Gasteiger partial charge < -0.3 is 14.2 Å². The highest BCUT2D eigenvalue weighted by Crippen LogP contribution is 2.30. The van der Waals surface area contributed by atoms with E-state index >= 15 is 0 Å². The van der Waals surface area contributed by atoms with Crippen LogP contribution in [0.25, 0.3) is 6.08 Å². The quantitative estimate of drug-likeness (QED) is 0.145. The normalized spacial score (nSPS) is 10.8. The molecule has 0 N–H and O–H groups in total. The van der Waals surface area contributed by atoms with Gasteiger partial charge in [0, 0.05) is 17.2 Å². The van der Waals surface area contributed by atoms with E-state index in [1.54, 1.807) is 36.4 Å². The van der Waals surface area contributed by atoms with Crippen LogP contribution in [-0.4, -0.2) is 25.6 Å². The average Bonchev–Trinajstić information content (AvgIpc) is 2.78. The number of ketones is 1. The number of rotatable bonds is 14. The van der Waals surface area contributed by atoms with E-state index in [-0.39, 0.29) is 5.78 Å². The van der Waals surface area contributed by atoms with Gasteiger partial charge in [0.25, 0.3) is 0 Å². The third-order valence-corrected chi connectivity index (χ3v) is 4.74.